The molecule has 1 aliphatic heterocycles. The van der Waals surface area contributed by atoms with Gasteiger partial charge in [-0.3, -0.25) is 9.59 Å². The van der Waals surface area contributed by atoms with Crippen LogP contribution in [0.4, 0.5) is 0 Å². The third-order valence-corrected chi connectivity index (χ3v) is 5.57. The van der Waals surface area contributed by atoms with Crippen molar-refractivity contribution in [2.24, 2.45) is 11.3 Å². The van der Waals surface area contributed by atoms with E-state index < -0.39 is 11.4 Å². The predicted octanol–water partition coefficient (Wildman–Crippen LogP) is 2.39. The Balaban J connectivity index is 1.73. The lowest BCUT2D eigenvalue weighted by molar-refractivity contribution is -0.152. The number of thiophene rings is 1. The first-order valence-electron chi connectivity index (χ1n) is 7.14. The molecule has 1 saturated carbocycles. The third kappa shape index (κ3) is 2.24. The van der Waals surface area contributed by atoms with Crippen molar-refractivity contribution >= 4 is 23.2 Å². The number of nitrogens with zero attached hydrogens (tertiary/aromatic N) is 1. The lowest BCUT2D eigenvalue weighted by Crippen LogP contribution is -2.41. The van der Waals surface area contributed by atoms with Crippen molar-refractivity contribution in [3.8, 4) is 0 Å². The summed E-state index contributed by atoms with van der Waals surface area (Å²) < 4.78 is 0. The third-order valence-electron chi connectivity index (χ3n) is 4.83. The number of aliphatic carboxylic acids is 1. The molecule has 0 aromatic carbocycles. The smallest absolute Gasteiger partial charge is 0.311 e. The van der Waals surface area contributed by atoms with Crippen molar-refractivity contribution in [1.82, 2.24) is 4.90 Å². The van der Waals surface area contributed by atoms with Crippen molar-refractivity contribution in [3.05, 3.63) is 22.4 Å². The average Bonchev–Trinajstić information content (AvgIpc) is 3.05. The molecule has 0 bridgehead atoms. The van der Waals surface area contributed by atoms with Gasteiger partial charge >= 0.3 is 5.97 Å². The van der Waals surface area contributed by atoms with Crippen molar-refractivity contribution in [2.45, 2.75) is 32.1 Å². The number of carbonyl (C=O) groups is 2. The van der Waals surface area contributed by atoms with Crippen LogP contribution in [0.15, 0.2) is 16.8 Å². The van der Waals surface area contributed by atoms with E-state index in [0.717, 1.165) is 31.2 Å². The number of carboxylic acids is 1. The van der Waals surface area contributed by atoms with Gasteiger partial charge in [0.25, 0.3) is 0 Å². The minimum Gasteiger partial charge on any atom is -0.481 e. The molecule has 1 aliphatic carbocycles. The molecule has 2 heterocycles. The summed E-state index contributed by atoms with van der Waals surface area (Å²) >= 11 is 1.58. The topological polar surface area (TPSA) is 57.6 Å². The van der Waals surface area contributed by atoms with Gasteiger partial charge in [-0.1, -0.05) is 12.8 Å². The van der Waals surface area contributed by atoms with Crippen LogP contribution in [-0.4, -0.2) is 35.0 Å². The lowest BCUT2D eigenvalue weighted by atomic mass is 9.68. The van der Waals surface area contributed by atoms with Crippen LogP contribution in [-0.2, 0) is 16.0 Å². The van der Waals surface area contributed by atoms with Crippen LogP contribution < -0.4 is 0 Å². The second kappa shape index (κ2) is 5.20. The van der Waals surface area contributed by atoms with Gasteiger partial charge in [-0.15, -0.1) is 0 Å². The van der Waals surface area contributed by atoms with E-state index in [1.54, 1.807) is 16.2 Å². The maximum atomic E-state index is 12.4. The van der Waals surface area contributed by atoms with Crippen molar-refractivity contribution in [1.29, 1.82) is 0 Å². The predicted molar refractivity (Wildman–Crippen MR) is 76.6 cm³/mol. The minimum absolute atomic E-state index is 0.0680. The number of hydrogen-bond donors (Lipinski definition) is 1. The van der Waals surface area contributed by atoms with Gasteiger partial charge in [-0.05, 0) is 41.1 Å². The van der Waals surface area contributed by atoms with Crippen LogP contribution in [0, 0.1) is 11.3 Å². The molecule has 2 fully saturated rings. The summed E-state index contributed by atoms with van der Waals surface area (Å²) in [7, 11) is 0. The van der Waals surface area contributed by atoms with Crippen molar-refractivity contribution < 1.29 is 14.7 Å². The Morgan fingerprint density at radius 2 is 2.30 bits per heavy atom. The highest BCUT2D eigenvalue weighted by Gasteiger charge is 2.53. The Bertz CT molecular complexity index is 513. The Labute approximate surface area is 122 Å². The summed E-state index contributed by atoms with van der Waals surface area (Å²) in [6.07, 6.45) is 4.11. The largest absolute Gasteiger partial charge is 0.481 e. The van der Waals surface area contributed by atoms with E-state index in [0.29, 0.717) is 19.5 Å². The Morgan fingerprint density at radius 1 is 1.45 bits per heavy atom. The molecule has 0 spiro atoms. The zero-order chi connectivity index (χ0) is 14.2. The van der Waals surface area contributed by atoms with Gasteiger partial charge in [-0.2, -0.15) is 11.3 Å². The van der Waals surface area contributed by atoms with E-state index in [2.05, 4.69) is 0 Å². The summed E-state index contributed by atoms with van der Waals surface area (Å²) in [4.78, 5) is 25.8. The van der Waals surface area contributed by atoms with E-state index in [9.17, 15) is 14.7 Å². The first-order chi connectivity index (χ1) is 9.62. The molecule has 2 atom stereocenters. The molecule has 0 radical (unpaired) electrons. The zero-order valence-electron chi connectivity index (χ0n) is 11.4. The number of carbonyl (C=O) groups excluding carboxylic acids is 1. The van der Waals surface area contributed by atoms with Gasteiger partial charge in [0.1, 0.15) is 0 Å². The molecule has 4 nitrogen and oxygen atoms in total. The standard InChI is InChI=1S/C15H19NO3S/c17-13(7-11-4-6-20-9-11)16-8-12-3-1-2-5-15(12,10-16)14(18)19/h4,6,9,12H,1-3,5,7-8,10H2,(H,18,19)/t12-,15-/m1/s1. The number of rotatable bonds is 3. The first kappa shape index (κ1) is 13.6. The summed E-state index contributed by atoms with van der Waals surface area (Å²) in [6, 6.07) is 1.96. The summed E-state index contributed by atoms with van der Waals surface area (Å²) in [5.74, 6) is -0.508. The number of amides is 1. The molecule has 20 heavy (non-hydrogen) atoms. The van der Waals surface area contributed by atoms with Crippen LogP contribution in [0.5, 0.6) is 0 Å². The number of fused-ring (bicyclic) bond motifs is 1. The van der Waals surface area contributed by atoms with Gasteiger partial charge in [0.15, 0.2) is 0 Å². The summed E-state index contributed by atoms with van der Waals surface area (Å²) in [6.45, 7) is 1.02. The van der Waals surface area contributed by atoms with Crippen LogP contribution in [0.2, 0.25) is 0 Å². The maximum Gasteiger partial charge on any atom is 0.311 e. The Morgan fingerprint density at radius 3 is 2.95 bits per heavy atom. The van der Waals surface area contributed by atoms with Gasteiger partial charge in [0.2, 0.25) is 5.91 Å². The van der Waals surface area contributed by atoms with E-state index in [1.807, 2.05) is 16.8 Å². The highest BCUT2D eigenvalue weighted by molar-refractivity contribution is 7.07. The lowest BCUT2D eigenvalue weighted by Gasteiger charge is -2.34. The monoisotopic (exact) mass is 293 g/mol. The molecule has 1 saturated heterocycles. The molecule has 5 heteroatoms. The van der Waals surface area contributed by atoms with E-state index >= 15 is 0 Å². The van der Waals surface area contributed by atoms with E-state index in [4.69, 9.17) is 0 Å². The Hall–Kier alpha value is -1.36. The van der Waals surface area contributed by atoms with Gasteiger partial charge in [-0.25, -0.2) is 0 Å². The zero-order valence-corrected chi connectivity index (χ0v) is 12.2. The van der Waals surface area contributed by atoms with Crippen LogP contribution in [0.25, 0.3) is 0 Å². The fourth-order valence-corrected chi connectivity index (χ4v) is 4.34. The molecule has 1 aromatic rings. The van der Waals surface area contributed by atoms with Crippen LogP contribution in [0.1, 0.15) is 31.2 Å². The highest BCUT2D eigenvalue weighted by Crippen LogP contribution is 2.47. The summed E-state index contributed by atoms with van der Waals surface area (Å²) in [5, 5.41) is 13.6. The maximum absolute atomic E-state index is 12.4. The molecule has 2 aliphatic rings. The SMILES string of the molecule is O=C(Cc1ccsc1)N1C[C@H]2CCCC[C@@]2(C(=O)O)C1. The van der Waals surface area contributed by atoms with Gasteiger partial charge in [0.05, 0.1) is 11.8 Å². The average molecular weight is 293 g/mol. The second-order valence-corrected chi connectivity index (χ2v) is 6.77. The molecular weight excluding hydrogens is 274 g/mol. The quantitative estimate of drug-likeness (QED) is 0.931. The van der Waals surface area contributed by atoms with Crippen LogP contribution >= 0.6 is 11.3 Å². The fourth-order valence-electron chi connectivity index (χ4n) is 3.68. The van der Waals surface area contributed by atoms with Gasteiger partial charge in [0, 0.05) is 13.1 Å². The molecular formula is C15H19NO3S. The number of hydrogen-bond acceptors (Lipinski definition) is 3. The van der Waals surface area contributed by atoms with Gasteiger partial charge < -0.3 is 10.0 Å². The highest BCUT2D eigenvalue weighted by atomic mass is 32.1. The number of likely N-dealkylation sites (tertiary alicyclic amines) is 1. The molecule has 1 aromatic heterocycles. The fraction of sp³-hybridized carbons (Fsp3) is 0.600. The van der Waals surface area contributed by atoms with E-state index in [-0.39, 0.29) is 11.8 Å². The molecule has 0 unspecified atom stereocenters. The molecule has 1 amide bonds. The van der Waals surface area contributed by atoms with Crippen molar-refractivity contribution in [2.75, 3.05) is 13.1 Å². The van der Waals surface area contributed by atoms with Crippen molar-refractivity contribution in [3.63, 3.8) is 0 Å². The normalized spacial score (nSPS) is 29.2. The minimum atomic E-state index is -0.715. The second-order valence-electron chi connectivity index (χ2n) is 5.99. The molecule has 3 rings (SSSR count). The molecule has 108 valence electrons. The molecule has 1 N–H and O–H groups in total. The summed E-state index contributed by atoms with van der Waals surface area (Å²) in [5.41, 5.74) is 0.349. The first-order valence-corrected chi connectivity index (χ1v) is 8.08. The van der Waals surface area contributed by atoms with E-state index in [1.165, 1.54) is 0 Å². The van der Waals surface area contributed by atoms with Crippen LogP contribution in [0.3, 0.4) is 0 Å². The Kier molecular flexibility index (Phi) is 3.54. The number of carboxylic acid groups (broad SMARTS) is 1.